The zero-order chi connectivity index (χ0) is 13.1. The molecule has 0 aliphatic rings. The van der Waals surface area contributed by atoms with Crippen molar-refractivity contribution in [1.82, 2.24) is 0 Å². The molecule has 2 aromatic rings. The molecule has 0 heterocycles. The Morgan fingerprint density at radius 2 is 1.94 bits per heavy atom. The van der Waals surface area contributed by atoms with Crippen molar-refractivity contribution in [3.8, 4) is 0 Å². The molecule has 0 saturated heterocycles. The van der Waals surface area contributed by atoms with Crippen LogP contribution in [0, 0.1) is 12.7 Å². The van der Waals surface area contributed by atoms with Crippen molar-refractivity contribution in [2.45, 2.75) is 18.2 Å². The Kier molecular flexibility index (Phi) is 4.41. The van der Waals surface area contributed by atoms with Gasteiger partial charge >= 0.3 is 0 Å². The van der Waals surface area contributed by atoms with E-state index in [-0.39, 0.29) is 10.6 Å². The van der Waals surface area contributed by atoms with Crippen LogP contribution >= 0.6 is 27.5 Å². The average molecular weight is 328 g/mol. The summed E-state index contributed by atoms with van der Waals surface area (Å²) in [5, 5.41) is 0.423. The van der Waals surface area contributed by atoms with Crippen LogP contribution in [-0.2, 0) is 6.42 Å². The lowest BCUT2D eigenvalue weighted by atomic mass is 10.0. The first-order valence-corrected chi connectivity index (χ1v) is 7.01. The SMILES string of the molecule is Cc1ccccc1CC(Br)c1ccc(Cl)cc1F. The number of alkyl halides is 1. The summed E-state index contributed by atoms with van der Waals surface area (Å²) >= 11 is 9.30. The van der Waals surface area contributed by atoms with E-state index in [2.05, 4.69) is 35.0 Å². The van der Waals surface area contributed by atoms with Gasteiger partial charge in [-0.05, 0) is 36.6 Å². The van der Waals surface area contributed by atoms with Gasteiger partial charge in [0.1, 0.15) is 5.82 Å². The minimum Gasteiger partial charge on any atom is -0.207 e. The van der Waals surface area contributed by atoms with Gasteiger partial charge in [0, 0.05) is 15.4 Å². The third-order valence-electron chi connectivity index (χ3n) is 2.96. The molecule has 0 amide bonds. The smallest absolute Gasteiger partial charge is 0.129 e. The molecule has 1 atom stereocenters. The van der Waals surface area contributed by atoms with Gasteiger partial charge in [-0.3, -0.25) is 0 Å². The van der Waals surface area contributed by atoms with Crippen LogP contribution in [0.4, 0.5) is 4.39 Å². The molecule has 0 N–H and O–H groups in total. The van der Waals surface area contributed by atoms with Crippen LogP contribution in [0.5, 0.6) is 0 Å². The molecule has 0 radical (unpaired) electrons. The van der Waals surface area contributed by atoms with E-state index in [1.165, 1.54) is 17.2 Å². The number of rotatable bonds is 3. The summed E-state index contributed by atoms with van der Waals surface area (Å²) in [5.74, 6) is -0.266. The average Bonchev–Trinajstić information content (AvgIpc) is 2.32. The number of hydrogen-bond acceptors (Lipinski definition) is 0. The maximum Gasteiger partial charge on any atom is 0.129 e. The van der Waals surface area contributed by atoms with Gasteiger partial charge in [-0.25, -0.2) is 4.39 Å². The maximum absolute atomic E-state index is 13.8. The molecule has 0 aliphatic heterocycles. The molecule has 0 aliphatic carbocycles. The summed E-state index contributed by atoms with van der Waals surface area (Å²) < 4.78 is 13.8. The largest absolute Gasteiger partial charge is 0.207 e. The van der Waals surface area contributed by atoms with Crippen molar-refractivity contribution < 1.29 is 4.39 Å². The summed E-state index contributed by atoms with van der Waals surface area (Å²) in [7, 11) is 0. The van der Waals surface area contributed by atoms with Crippen LogP contribution in [0.15, 0.2) is 42.5 Å². The van der Waals surface area contributed by atoms with E-state index in [1.54, 1.807) is 12.1 Å². The van der Waals surface area contributed by atoms with E-state index in [4.69, 9.17) is 11.6 Å². The molecule has 0 fully saturated rings. The molecule has 0 spiro atoms. The van der Waals surface area contributed by atoms with E-state index in [0.29, 0.717) is 10.6 Å². The number of aryl methyl sites for hydroxylation is 1. The van der Waals surface area contributed by atoms with E-state index >= 15 is 0 Å². The minimum atomic E-state index is -0.266. The lowest BCUT2D eigenvalue weighted by Gasteiger charge is -2.13. The predicted octanol–water partition coefficient (Wildman–Crippen LogP) is 5.47. The predicted molar refractivity (Wildman–Crippen MR) is 78.0 cm³/mol. The van der Waals surface area contributed by atoms with Crippen LogP contribution in [0.2, 0.25) is 5.02 Å². The Bertz CT molecular complexity index is 554. The van der Waals surface area contributed by atoms with Gasteiger partial charge < -0.3 is 0 Å². The van der Waals surface area contributed by atoms with Gasteiger partial charge in [0.15, 0.2) is 0 Å². The Labute approximate surface area is 120 Å². The van der Waals surface area contributed by atoms with Crippen LogP contribution in [-0.4, -0.2) is 0 Å². The number of halogens is 3. The van der Waals surface area contributed by atoms with E-state index in [9.17, 15) is 4.39 Å². The second-order valence-corrected chi connectivity index (χ2v) is 5.81. The van der Waals surface area contributed by atoms with Gasteiger partial charge in [0.25, 0.3) is 0 Å². The van der Waals surface area contributed by atoms with Crippen molar-refractivity contribution in [3.63, 3.8) is 0 Å². The van der Waals surface area contributed by atoms with Crippen LogP contribution < -0.4 is 0 Å². The summed E-state index contributed by atoms with van der Waals surface area (Å²) in [6, 6.07) is 12.9. The van der Waals surface area contributed by atoms with Crippen LogP contribution in [0.25, 0.3) is 0 Å². The molecule has 0 bridgehead atoms. The second-order valence-electron chi connectivity index (χ2n) is 4.26. The highest BCUT2D eigenvalue weighted by molar-refractivity contribution is 9.09. The fraction of sp³-hybridized carbons (Fsp3) is 0.200. The zero-order valence-corrected chi connectivity index (χ0v) is 12.3. The number of benzene rings is 2. The van der Waals surface area contributed by atoms with E-state index < -0.39 is 0 Å². The Morgan fingerprint density at radius 1 is 1.22 bits per heavy atom. The van der Waals surface area contributed by atoms with Gasteiger partial charge in [-0.2, -0.15) is 0 Å². The Hall–Kier alpha value is -0.860. The van der Waals surface area contributed by atoms with Crippen LogP contribution in [0.1, 0.15) is 21.5 Å². The highest BCUT2D eigenvalue weighted by Gasteiger charge is 2.14. The summed E-state index contributed by atoms with van der Waals surface area (Å²) in [6.07, 6.45) is 0.755. The van der Waals surface area contributed by atoms with E-state index in [0.717, 1.165) is 6.42 Å². The molecule has 1 unspecified atom stereocenters. The molecule has 18 heavy (non-hydrogen) atoms. The summed E-state index contributed by atoms with van der Waals surface area (Å²) in [4.78, 5) is -0.0455. The lowest BCUT2D eigenvalue weighted by molar-refractivity contribution is 0.608. The molecule has 3 heteroatoms. The lowest BCUT2D eigenvalue weighted by Crippen LogP contribution is -2.00. The first kappa shape index (κ1) is 13.6. The maximum atomic E-state index is 13.8. The fourth-order valence-electron chi connectivity index (χ4n) is 1.90. The van der Waals surface area contributed by atoms with Crippen molar-refractivity contribution in [3.05, 3.63) is 70.0 Å². The molecule has 2 aromatic carbocycles. The summed E-state index contributed by atoms with van der Waals surface area (Å²) in [6.45, 7) is 2.06. The normalized spacial score (nSPS) is 12.4. The second kappa shape index (κ2) is 5.85. The summed E-state index contributed by atoms with van der Waals surface area (Å²) in [5.41, 5.74) is 3.08. The molecule has 0 aromatic heterocycles. The first-order chi connectivity index (χ1) is 8.58. The van der Waals surface area contributed by atoms with Gasteiger partial charge in [-0.15, -0.1) is 0 Å². The van der Waals surface area contributed by atoms with Crippen LogP contribution in [0.3, 0.4) is 0 Å². The monoisotopic (exact) mass is 326 g/mol. The third kappa shape index (κ3) is 3.12. The molecular weight excluding hydrogens is 315 g/mol. The standard InChI is InChI=1S/C15H13BrClF/c1-10-4-2-3-5-11(10)8-14(16)13-7-6-12(17)9-15(13)18/h2-7,9,14H,8H2,1H3. The molecule has 0 saturated carbocycles. The quantitative estimate of drug-likeness (QED) is 0.656. The Morgan fingerprint density at radius 3 is 2.61 bits per heavy atom. The minimum absolute atomic E-state index is 0.0455. The van der Waals surface area contributed by atoms with Gasteiger partial charge in [-0.1, -0.05) is 57.9 Å². The highest BCUT2D eigenvalue weighted by atomic mass is 79.9. The highest BCUT2D eigenvalue weighted by Crippen LogP contribution is 2.31. The topological polar surface area (TPSA) is 0 Å². The molecular formula is C15H13BrClF. The van der Waals surface area contributed by atoms with Gasteiger partial charge in [0.05, 0.1) is 0 Å². The van der Waals surface area contributed by atoms with Crippen molar-refractivity contribution in [1.29, 1.82) is 0 Å². The zero-order valence-electron chi connectivity index (χ0n) is 9.96. The van der Waals surface area contributed by atoms with E-state index in [1.807, 2.05) is 12.1 Å². The molecule has 94 valence electrons. The molecule has 2 rings (SSSR count). The first-order valence-electron chi connectivity index (χ1n) is 5.71. The Balaban J connectivity index is 2.22. The number of hydrogen-bond donors (Lipinski definition) is 0. The van der Waals surface area contributed by atoms with Crippen molar-refractivity contribution in [2.24, 2.45) is 0 Å². The van der Waals surface area contributed by atoms with Crippen molar-refractivity contribution in [2.75, 3.05) is 0 Å². The van der Waals surface area contributed by atoms with Crippen molar-refractivity contribution >= 4 is 27.5 Å². The molecule has 0 nitrogen and oxygen atoms in total. The third-order valence-corrected chi connectivity index (χ3v) is 4.01. The fourth-order valence-corrected chi connectivity index (χ4v) is 2.78. The van der Waals surface area contributed by atoms with Gasteiger partial charge in [0.2, 0.25) is 0 Å².